The van der Waals surface area contributed by atoms with E-state index in [-0.39, 0.29) is 17.6 Å². The number of nitrogens with zero attached hydrogens (tertiary/aromatic N) is 3. The molecule has 1 amide bonds. The zero-order valence-electron chi connectivity index (χ0n) is 11.3. The summed E-state index contributed by atoms with van der Waals surface area (Å²) < 4.78 is 12.8. The second-order valence-electron chi connectivity index (χ2n) is 4.77. The Bertz CT molecular complexity index is 500. The lowest BCUT2D eigenvalue weighted by atomic mass is 10.2. The Kier molecular flexibility index (Phi) is 4.61. The molecule has 1 aromatic rings. The van der Waals surface area contributed by atoms with Crippen LogP contribution in [-0.2, 0) is 0 Å². The average Bonchev–Trinajstić information content (AvgIpc) is 2.46. The zero-order valence-corrected chi connectivity index (χ0v) is 12.1. The lowest BCUT2D eigenvalue weighted by Crippen LogP contribution is -2.54. The smallest absolute Gasteiger partial charge is 0.272 e. The maximum Gasteiger partial charge on any atom is 0.272 e. The molecule has 2 rings (SSSR count). The van der Waals surface area contributed by atoms with E-state index in [1.165, 1.54) is 12.1 Å². The van der Waals surface area contributed by atoms with Gasteiger partial charge in [0.2, 0.25) is 0 Å². The highest BCUT2D eigenvalue weighted by Gasteiger charge is 2.26. The molecular weight excluding hydrogens is 279 g/mol. The maximum atomic E-state index is 12.8. The fourth-order valence-corrected chi connectivity index (χ4v) is 2.31. The van der Waals surface area contributed by atoms with Crippen molar-refractivity contribution in [2.75, 3.05) is 26.2 Å². The zero-order chi connectivity index (χ0) is 14.7. The SMILES string of the molecule is CC(C(N)=S)N1CCN(C(=O)c2ccc(F)cn2)CC1. The summed E-state index contributed by atoms with van der Waals surface area (Å²) in [5.74, 6) is -0.621. The normalized spacial score (nSPS) is 17.8. The van der Waals surface area contributed by atoms with E-state index in [9.17, 15) is 9.18 Å². The predicted octanol–water partition coefficient (Wildman–Crippen LogP) is 0.653. The fraction of sp³-hybridized carbons (Fsp3) is 0.462. The minimum absolute atomic E-state index is 0.0335. The first-order valence-electron chi connectivity index (χ1n) is 6.43. The third-order valence-corrected chi connectivity index (χ3v) is 3.85. The van der Waals surface area contributed by atoms with Crippen molar-refractivity contribution in [3.8, 4) is 0 Å². The van der Waals surface area contributed by atoms with E-state index in [1.54, 1.807) is 4.90 Å². The molecule has 1 aliphatic heterocycles. The number of aromatic nitrogens is 1. The Labute approximate surface area is 122 Å². The first kappa shape index (κ1) is 14.8. The Morgan fingerprint density at radius 3 is 2.55 bits per heavy atom. The summed E-state index contributed by atoms with van der Waals surface area (Å²) in [7, 11) is 0. The Morgan fingerprint density at radius 1 is 1.40 bits per heavy atom. The molecule has 0 saturated carbocycles. The predicted molar refractivity (Wildman–Crippen MR) is 77.9 cm³/mol. The highest BCUT2D eigenvalue weighted by atomic mass is 32.1. The van der Waals surface area contributed by atoms with Crippen molar-refractivity contribution < 1.29 is 9.18 Å². The van der Waals surface area contributed by atoms with Crippen molar-refractivity contribution in [2.45, 2.75) is 13.0 Å². The van der Waals surface area contributed by atoms with Gasteiger partial charge in [0.25, 0.3) is 5.91 Å². The van der Waals surface area contributed by atoms with Crippen LogP contribution in [0.4, 0.5) is 4.39 Å². The van der Waals surface area contributed by atoms with Gasteiger partial charge in [-0.3, -0.25) is 9.69 Å². The first-order chi connectivity index (χ1) is 9.49. The number of hydrogen-bond acceptors (Lipinski definition) is 4. The standard InChI is InChI=1S/C13H17FN4OS/c1-9(12(15)20)17-4-6-18(7-5-17)13(19)11-3-2-10(14)8-16-11/h2-3,8-9H,4-7H2,1H3,(H2,15,20). The quantitative estimate of drug-likeness (QED) is 0.830. The molecule has 0 spiro atoms. The molecule has 2 heterocycles. The second-order valence-corrected chi connectivity index (χ2v) is 5.24. The van der Waals surface area contributed by atoms with Crippen LogP contribution >= 0.6 is 12.2 Å². The second kappa shape index (κ2) is 6.23. The molecule has 0 aromatic carbocycles. The van der Waals surface area contributed by atoms with Gasteiger partial charge >= 0.3 is 0 Å². The summed E-state index contributed by atoms with van der Waals surface area (Å²) in [6, 6.07) is 2.68. The van der Waals surface area contributed by atoms with E-state index in [1.807, 2.05) is 6.92 Å². The molecule has 7 heteroatoms. The third-order valence-electron chi connectivity index (χ3n) is 3.51. The molecule has 2 N–H and O–H groups in total. The van der Waals surface area contributed by atoms with Crippen LogP contribution in [0.2, 0.25) is 0 Å². The summed E-state index contributed by atoms with van der Waals surface area (Å²) in [6.07, 6.45) is 1.05. The van der Waals surface area contributed by atoms with Crippen molar-refractivity contribution in [1.82, 2.24) is 14.8 Å². The molecule has 1 aliphatic rings. The minimum atomic E-state index is -0.448. The maximum absolute atomic E-state index is 12.8. The van der Waals surface area contributed by atoms with Gasteiger partial charge in [0, 0.05) is 26.2 Å². The molecule has 5 nitrogen and oxygen atoms in total. The number of rotatable bonds is 3. The largest absolute Gasteiger partial charge is 0.392 e. The third kappa shape index (κ3) is 3.29. The van der Waals surface area contributed by atoms with E-state index in [4.69, 9.17) is 18.0 Å². The summed E-state index contributed by atoms with van der Waals surface area (Å²) in [6.45, 7) is 4.56. The summed E-state index contributed by atoms with van der Waals surface area (Å²) >= 11 is 4.98. The Balaban J connectivity index is 1.95. The van der Waals surface area contributed by atoms with Crippen molar-refractivity contribution in [2.24, 2.45) is 5.73 Å². The lowest BCUT2D eigenvalue weighted by Gasteiger charge is -2.37. The topological polar surface area (TPSA) is 62.5 Å². The number of amides is 1. The van der Waals surface area contributed by atoms with Gasteiger partial charge in [-0.25, -0.2) is 9.37 Å². The van der Waals surface area contributed by atoms with Crippen molar-refractivity contribution in [1.29, 1.82) is 0 Å². The van der Waals surface area contributed by atoms with Crippen LogP contribution < -0.4 is 5.73 Å². The van der Waals surface area contributed by atoms with Gasteiger partial charge in [-0.05, 0) is 19.1 Å². The number of piperazine rings is 1. The Hall–Kier alpha value is -1.60. The van der Waals surface area contributed by atoms with Crippen LogP contribution in [-0.4, -0.2) is 57.9 Å². The number of carbonyl (C=O) groups excluding carboxylic acids is 1. The van der Waals surface area contributed by atoms with E-state index in [0.29, 0.717) is 31.2 Å². The molecule has 20 heavy (non-hydrogen) atoms. The molecule has 0 bridgehead atoms. The van der Waals surface area contributed by atoms with Gasteiger partial charge in [0.15, 0.2) is 0 Å². The van der Waals surface area contributed by atoms with Crippen molar-refractivity contribution >= 4 is 23.1 Å². The highest BCUT2D eigenvalue weighted by molar-refractivity contribution is 7.80. The molecular formula is C13H17FN4OS. The molecule has 0 radical (unpaired) electrons. The van der Waals surface area contributed by atoms with Crippen LogP contribution in [0, 0.1) is 5.82 Å². The minimum Gasteiger partial charge on any atom is -0.392 e. The summed E-state index contributed by atoms with van der Waals surface area (Å²) in [5, 5.41) is 0. The monoisotopic (exact) mass is 296 g/mol. The van der Waals surface area contributed by atoms with E-state index in [2.05, 4.69) is 9.88 Å². The lowest BCUT2D eigenvalue weighted by molar-refractivity contribution is 0.0616. The van der Waals surface area contributed by atoms with Gasteiger partial charge in [0.1, 0.15) is 11.5 Å². The number of hydrogen-bond donors (Lipinski definition) is 1. The summed E-state index contributed by atoms with van der Waals surface area (Å²) in [4.78, 5) is 20.3. The number of pyridine rings is 1. The molecule has 1 atom stereocenters. The molecule has 108 valence electrons. The summed E-state index contributed by atoms with van der Waals surface area (Å²) in [5.41, 5.74) is 5.90. The molecule has 1 aromatic heterocycles. The molecule has 1 saturated heterocycles. The fourth-order valence-electron chi connectivity index (χ4n) is 2.16. The van der Waals surface area contributed by atoms with Crippen molar-refractivity contribution in [3.63, 3.8) is 0 Å². The van der Waals surface area contributed by atoms with E-state index in [0.717, 1.165) is 6.20 Å². The number of carbonyl (C=O) groups is 1. The van der Waals surface area contributed by atoms with Gasteiger partial charge in [-0.2, -0.15) is 0 Å². The van der Waals surface area contributed by atoms with Crippen LogP contribution in [0.15, 0.2) is 18.3 Å². The number of nitrogens with two attached hydrogens (primary N) is 1. The average molecular weight is 296 g/mol. The molecule has 1 fully saturated rings. The Morgan fingerprint density at radius 2 is 2.05 bits per heavy atom. The van der Waals surface area contributed by atoms with Gasteiger partial charge in [-0.1, -0.05) is 12.2 Å². The highest BCUT2D eigenvalue weighted by Crippen LogP contribution is 2.10. The van der Waals surface area contributed by atoms with Crippen LogP contribution in [0.5, 0.6) is 0 Å². The van der Waals surface area contributed by atoms with Gasteiger partial charge in [0.05, 0.1) is 17.2 Å². The van der Waals surface area contributed by atoms with E-state index >= 15 is 0 Å². The van der Waals surface area contributed by atoms with E-state index < -0.39 is 5.82 Å². The number of halogens is 1. The van der Waals surface area contributed by atoms with Gasteiger partial charge < -0.3 is 10.6 Å². The van der Waals surface area contributed by atoms with Crippen LogP contribution in [0.3, 0.4) is 0 Å². The van der Waals surface area contributed by atoms with Gasteiger partial charge in [-0.15, -0.1) is 0 Å². The van der Waals surface area contributed by atoms with Crippen molar-refractivity contribution in [3.05, 3.63) is 29.8 Å². The van der Waals surface area contributed by atoms with Crippen LogP contribution in [0.25, 0.3) is 0 Å². The number of thiocarbonyl (C=S) groups is 1. The van der Waals surface area contributed by atoms with Crippen LogP contribution in [0.1, 0.15) is 17.4 Å². The first-order valence-corrected chi connectivity index (χ1v) is 6.84. The molecule has 1 unspecified atom stereocenters. The molecule has 0 aliphatic carbocycles.